The maximum atomic E-state index is 13.2. The number of benzene rings is 1. The fourth-order valence-corrected chi connectivity index (χ4v) is 4.04. The predicted molar refractivity (Wildman–Crippen MR) is 99.1 cm³/mol. The Balaban J connectivity index is 1.46. The molecule has 2 aliphatic heterocycles. The van der Waals surface area contributed by atoms with E-state index in [1.54, 1.807) is 7.11 Å². The highest BCUT2D eigenvalue weighted by atomic mass is 16.5. The molecule has 0 saturated carbocycles. The maximum Gasteiger partial charge on any atom is 0.231 e. The third kappa shape index (κ3) is 3.00. The fraction of sp³-hybridized carbons (Fsp3) is 0.450. The van der Waals surface area contributed by atoms with E-state index in [1.165, 1.54) is 0 Å². The highest BCUT2D eigenvalue weighted by molar-refractivity contribution is 5.86. The molecule has 136 valence electrons. The third-order valence-corrected chi connectivity index (χ3v) is 5.57. The number of aryl methyl sites for hydroxylation is 1. The molecule has 0 radical (unpaired) electrons. The number of ether oxygens (including phenoxy) is 1. The molecule has 4 rings (SSSR count). The number of anilines is 1. The average Bonchev–Trinajstić information content (AvgIpc) is 3.22. The van der Waals surface area contributed by atoms with Crippen LogP contribution in [0.2, 0.25) is 0 Å². The van der Waals surface area contributed by atoms with Gasteiger partial charge >= 0.3 is 0 Å². The van der Waals surface area contributed by atoms with Gasteiger partial charge in [0.2, 0.25) is 5.91 Å². The minimum Gasteiger partial charge on any atom is -0.497 e. The van der Waals surface area contributed by atoms with E-state index >= 15 is 0 Å². The zero-order valence-corrected chi connectivity index (χ0v) is 15.3. The predicted octanol–water partition coefficient (Wildman–Crippen LogP) is 2.42. The van der Waals surface area contributed by atoms with Gasteiger partial charge in [0, 0.05) is 26.2 Å². The van der Waals surface area contributed by atoms with Gasteiger partial charge in [0.15, 0.2) is 5.82 Å². The number of nitrogens with zero attached hydrogens (tertiary/aromatic N) is 4. The Morgan fingerprint density at radius 1 is 1.15 bits per heavy atom. The number of aromatic nitrogens is 2. The summed E-state index contributed by atoms with van der Waals surface area (Å²) in [7, 11) is 1.66. The molecule has 1 aromatic heterocycles. The molecule has 0 aliphatic carbocycles. The molecule has 2 aromatic rings. The van der Waals surface area contributed by atoms with Crippen LogP contribution in [-0.4, -0.2) is 47.7 Å². The smallest absolute Gasteiger partial charge is 0.231 e. The molecule has 0 bridgehead atoms. The Kier molecular flexibility index (Phi) is 4.26. The van der Waals surface area contributed by atoms with Gasteiger partial charge in [-0.05, 0) is 49.6 Å². The second-order valence-corrected chi connectivity index (χ2v) is 7.31. The summed E-state index contributed by atoms with van der Waals surface area (Å²) in [5, 5.41) is 8.43. The lowest BCUT2D eigenvalue weighted by Gasteiger charge is -2.24. The summed E-state index contributed by atoms with van der Waals surface area (Å²) in [6, 6.07) is 11.9. The molecule has 2 saturated heterocycles. The van der Waals surface area contributed by atoms with Crippen LogP contribution in [-0.2, 0) is 11.3 Å². The first-order valence-electron chi connectivity index (χ1n) is 9.07. The highest BCUT2D eigenvalue weighted by Gasteiger charge is 2.50. The van der Waals surface area contributed by atoms with Crippen molar-refractivity contribution in [1.82, 2.24) is 15.1 Å². The molecular formula is C20H24N4O2. The molecule has 0 unspecified atom stereocenters. The normalized spacial score (nSPS) is 22.5. The quantitative estimate of drug-likeness (QED) is 0.846. The van der Waals surface area contributed by atoms with Crippen molar-refractivity contribution in [3.8, 4) is 5.75 Å². The Hall–Kier alpha value is -2.63. The summed E-state index contributed by atoms with van der Waals surface area (Å²) in [5.41, 5.74) is 1.74. The van der Waals surface area contributed by atoms with E-state index in [2.05, 4.69) is 15.1 Å². The Morgan fingerprint density at radius 2 is 2.00 bits per heavy atom. The second kappa shape index (κ2) is 6.59. The number of rotatable bonds is 4. The monoisotopic (exact) mass is 352 g/mol. The minimum absolute atomic E-state index is 0.267. The Bertz CT molecular complexity index is 808. The van der Waals surface area contributed by atoms with Gasteiger partial charge in [-0.3, -0.25) is 4.79 Å². The average molecular weight is 352 g/mol. The van der Waals surface area contributed by atoms with Crippen LogP contribution in [0, 0.1) is 12.3 Å². The topological polar surface area (TPSA) is 58.6 Å². The summed E-state index contributed by atoms with van der Waals surface area (Å²) in [5.74, 6) is 1.96. The number of amides is 1. The SMILES string of the molecule is COc1cccc(CN2CC[C@@]3(CCN(c4ccc(C)nn4)C3)C2=O)c1. The van der Waals surface area contributed by atoms with Crippen LogP contribution in [0.4, 0.5) is 5.82 Å². The summed E-state index contributed by atoms with van der Waals surface area (Å²) in [6.45, 7) is 4.97. The maximum absolute atomic E-state index is 13.2. The molecule has 6 nitrogen and oxygen atoms in total. The summed E-state index contributed by atoms with van der Waals surface area (Å²) in [6.07, 6.45) is 1.79. The number of carbonyl (C=O) groups excluding carboxylic acids is 1. The molecule has 1 amide bonds. The van der Waals surface area contributed by atoms with Crippen LogP contribution in [0.3, 0.4) is 0 Å². The van der Waals surface area contributed by atoms with E-state index in [-0.39, 0.29) is 11.3 Å². The molecule has 6 heteroatoms. The van der Waals surface area contributed by atoms with Crippen molar-refractivity contribution >= 4 is 11.7 Å². The lowest BCUT2D eigenvalue weighted by Crippen LogP contribution is -2.36. The molecule has 1 spiro atoms. The van der Waals surface area contributed by atoms with Gasteiger partial charge in [-0.1, -0.05) is 12.1 Å². The van der Waals surface area contributed by atoms with Gasteiger partial charge in [0.1, 0.15) is 5.75 Å². The first-order valence-corrected chi connectivity index (χ1v) is 9.07. The molecule has 2 fully saturated rings. The van der Waals surface area contributed by atoms with Crippen molar-refractivity contribution in [3.63, 3.8) is 0 Å². The molecule has 1 aromatic carbocycles. The van der Waals surface area contributed by atoms with E-state index in [0.29, 0.717) is 6.54 Å². The zero-order chi connectivity index (χ0) is 18.1. The van der Waals surface area contributed by atoms with E-state index in [1.807, 2.05) is 48.2 Å². The number of hydrogen-bond acceptors (Lipinski definition) is 5. The number of likely N-dealkylation sites (tertiary alicyclic amines) is 1. The van der Waals surface area contributed by atoms with Crippen molar-refractivity contribution in [1.29, 1.82) is 0 Å². The lowest BCUT2D eigenvalue weighted by molar-refractivity contribution is -0.135. The molecule has 0 N–H and O–H groups in total. The fourth-order valence-electron chi connectivity index (χ4n) is 4.04. The van der Waals surface area contributed by atoms with Gasteiger partial charge in [0.25, 0.3) is 0 Å². The molecule has 26 heavy (non-hydrogen) atoms. The van der Waals surface area contributed by atoms with Crippen molar-refractivity contribution < 1.29 is 9.53 Å². The highest BCUT2D eigenvalue weighted by Crippen LogP contribution is 2.42. The van der Waals surface area contributed by atoms with Crippen LogP contribution < -0.4 is 9.64 Å². The van der Waals surface area contributed by atoms with Crippen LogP contribution in [0.1, 0.15) is 24.1 Å². The van der Waals surface area contributed by atoms with Gasteiger partial charge in [-0.2, -0.15) is 5.10 Å². The van der Waals surface area contributed by atoms with Crippen LogP contribution in [0.25, 0.3) is 0 Å². The van der Waals surface area contributed by atoms with Gasteiger partial charge in [0.05, 0.1) is 18.2 Å². The van der Waals surface area contributed by atoms with E-state index < -0.39 is 0 Å². The molecular weight excluding hydrogens is 328 g/mol. The van der Waals surface area contributed by atoms with E-state index in [0.717, 1.165) is 55.3 Å². The number of carbonyl (C=O) groups is 1. The van der Waals surface area contributed by atoms with Gasteiger partial charge in [-0.25, -0.2) is 0 Å². The first-order chi connectivity index (χ1) is 12.6. The third-order valence-electron chi connectivity index (χ3n) is 5.57. The van der Waals surface area contributed by atoms with E-state index in [4.69, 9.17) is 4.74 Å². The number of hydrogen-bond donors (Lipinski definition) is 0. The lowest BCUT2D eigenvalue weighted by atomic mass is 9.85. The van der Waals surface area contributed by atoms with Gasteiger partial charge < -0.3 is 14.5 Å². The Labute approximate surface area is 153 Å². The molecule has 2 aliphatic rings. The Morgan fingerprint density at radius 3 is 2.77 bits per heavy atom. The standard InChI is InChI=1S/C20H24N4O2/c1-15-6-7-18(22-21-15)24-11-9-20(14-24)8-10-23(19(20)25)13-16-4-3-5-17(12-16)26-2/h3-7,12H,8-11,13-14H2,1-2H3/t20-/m0/s1. The minimum atomic E-state index is -0.272. The van der Waals surface area contributed by atoms with Crippen molar-refractivity contribution in [2.75, 3.05) is 31.6 Å². The number of methoxy groups -OCH3 is 1. The zero-order valence-electron chi connectivity index (χ0n) is 15.3. The molecule has 1 atom stereocenters. The van der Waals surface area contributed by atoms with Crippen molar-refractivity contribution in [2.24, 2.45) is 5.41 Å². The van der Waals surface area contributed by atoms with Gasteiger partial charge in [-0.15, -0.1) is 5.10 Å². The summed E-state index contributed by atoms with van der Waals surface area (Å²) >= 11 is 0. The summed E-state index contributed by atoms with van der Waals surface area (Å²) in [4.78, 5) is 17.3. The van der Waals surface area contributed by atoms with Crippen molar-refractivity contribution in [2.45, 2.75) is 26.3 Å². The van der Waals surface area contributed by atoms with Crippen molar-refractivity contribution in [3.05, 3.63) is 47.7 Å². The molecule has 3 heterocycles. The largest absolute Gasteiger partial charge is 0.497 e. The van der Waals surface area contributed by atoms with Crippen LogP contribution in [0.5, 0.6) is 5.75 Å². The first kappa shape index (κ1) is 16.8. The second-order valence-electron chi connectivity index (χ2n) is 7.31. The van der Waals surface area contributed by atoms with Crippen LogP contribution >= 0.6 is 0 Å². The van der Waals surface area contributed by atoms with Crippen LogP contribution in [0.15, 0.2) is 36.4 Å². The summed E-state index contributed by atoms with van der Waals surface area (Å²) < 4.78 is 5.29. The van der Waals surface area contributed by atoms with E-state index in [9.17, 15) is 4.79 Å².